The Labute approximate surface area is 164 Å². The van der Waals surface area contributed by atoms with Gasteiger partial charge >= 0.3 is 11.8 Å². The van der Waals surface area contributed by atoms with Gasteiger partial charge in [0.2, 0.25) is 0 Å². The third-order valence-electron chi connectivity index (χ3n) is 4.19. The first-order valence-corrected chi connectivity index (χ1v) is 9.30. The molecule has 28 heavy (non-hydrogen) atoms. The van der Waals surface area contributed by atoms with Gasteiger partial charge in [0.25, 0.3) is 0 Å². The molecule has 3 N–H and O–H groups in total. The molecular weight excluding hydrogens is 360 g/mol. The molecule has 9 nitrogen and oxygen atoms in total. The highest BCUT2D eigenvalue weighted by molar-refractivity contribution is 6.39. The molecule has 2 rings (SSSR count). The van der Waals surface area contributed by atoms with Gasteiger partial charge < -0.3 is 20.7 Å². The Hall–Kier alpha value is -2.94. The largest absolute Gasteiger partial charge is 0.383 e. The van der Waals surface area contributed by atoms with E-state index in [9.17, 15) is 9.59 Å². The van der Waals surface area contributed by atoms with Crippen molar-refractivity contribution in [3.05, 3.63) is 35.8 Å². The van der Waals surface area contributed by atoms with E-state index in [2.05, 4.69) is 26.0 Å². The minimum Gasteiger partial charge on any atom is -0.383 e. The number of carbonyl (C=O) groups excluding carboxylic acids is 2. The number of rotatable bonds is 10. The van der Waals surface area contributed by atoms with Crippen molar-refractivity contribution in [3.63, 3.8) is 0 Å². The van der Waals surface area contributed by atoms with Gasteiger partial charge in [-0.2, -0.15) is 5.10 Å². The highest BCUT2D eigenvalue weighted by Crippen LogP contribution is 2.19. The van der Waals surface area contributed by atoms with Crippen LogP contribution in [0.5, 0.6) is 0 Å². The monoisotopic (exact) mass is 388 g/mol. The van der Waals surface area contributed by atoms with Crippen LogP contribution in [0.4, 0.5) is 11.5 Å². The molecule has 2 aromatic heterocycles. The lowest BCUT2D eigenvalue weighted by atomic mass is 10.3. The highest BCUT2D eigenvalue weighted by atomic mass is 16.5. The molecule has 0 saturated heterocycles. The Bertz CT molecular complexity index is 775. The third kappa shape index (κ3) is 6.34. The molecule has 0 fully saturated rings. The lowest BCUT2D eigenvalue weighted by Gasteiger charge is -2.08. The quantitative estimate of drug-likeness (QED) is 0.420. The van der Waals surface area contributed by atoms with Gasteiger partial charge in [0.05, 0.1) is 30.2 Å². The SMILES string of the molecule is COCCn1nc(C)c(NC(=O)C(=O)NCCCCNc2ccccn2)c1C. The van der Waals surface area contributed by atoms with Crippen molar-refractivity contribution < 1.29 is 14.3 Å². The van der Waals surface area contributed by atoms with E-state index in [0.717, 1.165) is 30.9 Å². The molecule has 0 spiro atoms. The second-order valence-electron chi connectivity index (χ2n) is 6.32. The van der Waals surface area contributed by atoms with E-state index in [-0.39, 0.29) is 0 Å². The number of nitrogens with zero attached hydrogens (tertiary/aromatic N) is 3. The van der Waals surface area contributed by atoms with Gasteiger partial charge in [-0.3, -0.25) is 14.3 Å². The first-order valence-electron chi connectivity index (χ1n) is 9.30. The van der Waals surface area contributed by atoms with E-state index >= 15 is 0 Å². The number of aromatic nitrogens is 3. The van der Waals surface area contributed by atoms with Crippen LogP contribution in [0, 0.1) is 13.8 Å². The van der Waals surface area contributed by atoms with Crippen LogP contribution in [0.2, 0.25) is 0 Å². The van der Waals surface area contributed by atoms with Gasteiger partial charge in [-0.15, -0.1) is 0 Å². The van der Waals surface area contributed by atoms with Crippen molar-refractivity contribution in [2.45, 2.75) is 33.2 Å². The minimum absolute atomic E-state index is 0.432. The number of carbonyl (C=O) groups is 2. The number of unbranched alkanes of at least 4 members (excludes halogenated alkanes) is 1. The van der Waals surface area contributed by atoms with Gasteiger partial charge in [-0.05, 0) is 38.8 Å². The standard InChI is InChI=1S/C19H28N6O3/c1-14-17(15(2)25(24-14)12-13-28-3)23-19(27)18(26)22-11-7-6-10-21-16-8-4-5-9-20-16/h4-5,8-9H,6-7,10-13H2,1-3H3,(H,20,21)(H,22,26)(H,23,27). The Morgan fingerprint density at radius 2 is 1.93 bits per heavy atom. The van der Waals surface area contributed by atoms with Crippen molar-refractivity contribution >= 4 is 23.3 Å². The summed E-state index contributed by atoms with van der Waals surface area (Å²) in [5.41, 5.74) is 2.02. The molecule has 0 unspecified atom stereocenters. The number of pyridine rings is 1. The summed E-state index contributed by atoms with van der Waals surface area (Å²) in [6.45, 7) is 5.92. The smallest absolute Gasteiger partial charge is 0.313 e. The molecule has 2 aromatic rings. The summed E-state index contributed by atoms with van der Waals surface area (Å²) < 4.78 is 6.80. The number of aryl methyl sites for hydroxylation is 1. The molecule has 0 saturated carbocycles. The Balaban J connectivity index is 1.70. The summed E-state index contributed by atoms with van der Waals surface area (Å²) in [5.74, 6) is -0.520. The Morgan fingerprint density at radius 3 is 2.64 bits per heavy atom. The highest BCUT2D eigenvalue weighted by Gasteiger charge is 2.18. The van der Waals surface area contributed by atoms with E-state index in [0.29, 0.717) is 31.1 Å². The zero-order valence-corrected chi connectivity index (χ0v) is 16.6. The topological polar surface area (TPSA) is 110 Å². The molecule has 2 heterocycles. The van der Waals surface area contributed by atoms with Gasteiger partial charge in [0, 0.05) is 26.4 Å². The van der Waals surface area contributed by atoms with Crippen molar-refractivity contribution in [2.75, 3.05) is 37.4 Å². The van der Waals surface area contributed by atoms with Crippen LogP contribution < -0.4 is 16.0 Å². The van der Waals surface area contributed by atoms with E-state index < -0.39 is 11.8 Å². The summed E-state index contributed by atoms with van der Waals surface area (Å²) in [6.07, 6.45) is 3.33. The lowest BCUT2D eigenvalue weighted by molar-refractivity contribution is -0.136. The Morgan fingerprint density at radius 1 is 1.14 bits per heavy atom. The molecule has 152 valence electrons. The fourth-order valence-corrected chi connectivity index (χ4v) is 2.66. The van der Waals surface area contributed by atoms with Crippen LogP contribution in [0.25, 0.3) is 0 Å². The summed E-state index contributed by atoms with van der Waals surface area (Å²) in [6, 6.07) is 5.67. The minimum atomic E-state index is -0.691. The average Bonchev–Trinajstić information content (AvgIpc) is 2.97. The van der Waals surface area contributed by atoms with Crippen LogP contribution in [0.1, 0.15) is 24.2 Å². The molecule has 0 aromatic carbocycles. The maximum Gasteiger partial charge on any atom is 0.313 e. The van der Waals surface area contributed by atoms with Crippen molar-refractivity contribution in [1.82, 2.24) is 20.1 Å². The van der Waals surface area contributed by atoms with Crippen LogP contribution in [0.15, 0.2) is 24.4 Å². The summed E-state index contributed by atoms with van der Waals surface area (Å²) in [4.78, 5) is 28.3. The number of anilines is 2. The molecule has 0 atom stereocenters. The molecule has 0 bridgehead atoms. The predicted molar refractivity (Wildman–Crippen MR) is 107 cm³/mol. The molecule has 0 radical (unpaired) electrons. The fraction of sp³-hybridized carbons (Fsp3) is 0.474. The van der Waals surface area contributed by atoms with Crippen LogP contribution in [-0.2, 0) is 20.9 Å². The number of amides is 2. The number of methoxy groups -OCH3 is 1. The normalized spacial score (nSPS) is 10.5. The second kappa shape index (κ2) is 11.0. The maximum atomic E-state index is 12.1. The lowest BCUT2D eigenvalue weighted by Crippen LogP contribution is -2.36. The zero-order valence-electron chi connectivity index (χ0n) is 16.6. The second-order valence-corrected chi connectivity index (χ2v) is 6.32. The van der Waals surface area contributed by atoms with Gasteiger partial charge in [0.1, 0.15) is 5.82 Å². The first kappa shape index (κ1) is 21.4. The van der Waals surface area contributed by atoms with Crippen LogP contribution >= 0.6 is 0 Å². The average molecular weight is 388 g/mol. The van der Waals surface area contributed by atoms with Gasteiger partial charge in [0.15, 0.2) is 0 Å². The van der Waals surface area contributed by atoms with Crippen LogP contribution in [-0.4, -0.2) is 53.4 Å². The number of hydrogen-bond acceptors (Lipinski definition) is 6. The van der Waals surface area contributed by atoms with E-state index in [1.54, 1.807) is 24.9 Å². The van der Waals surface area contributed by atoms with Gasteiger partial charge in [-0.25, -0.2) is 4.98 Å². The first-order chi connectivity index (χ1) is 13.5. The molecule has 0 aliphatic carbocycles. The van der Waals surface area contributed by atoms with E-state index in [1.165, 1.54) is 0 Å². The van der Waals surface area contributed by atoms with Crippen molar-refractivity contribution in [1.29, 1.82) is 0 Å². The summed E-state index contributed by atoms with van der Waals surface area (Å²) in [7, 11) is 1.62. The maximum absolute atomic E-state index is 12.1. The van der Waals surface area contributed by atoms with E-state index in [4.69, 9.17) is 4.74 Å². The molecule has 2 amide bonds. The molecular formula is C19H28N6O3. The van der Waals surface area contributed by atoms with Crippen LogP contribution in [0.3, 0.4) is 0 Å². The van der Waals surface area contributed by atoms with Gasteiger partial charge in [-0.1, -0.05) is 6.07 Å². The number of nitrogens with one attached hydrogen (secondary N) is 3. The van der Waals surface area contributed by atoms with E-state index in [1.807, 2.05) is 25.1 Å². The number of hydrogen-bond donors (Lipinski definition) is 3. The van der Waals surface area contributed by atoms with Crippen molar-refractivity contribution in [2.24, 2.45) is 0 Å². The third-order valence-corrected chi connectivity index (χ3v) is 4.19. The molecule has 9 heteroatoms. The Kier molecular flexibility index (Phi) is 8.41. The van der Waals surface area contributed by atoms with Crippen molar-refractivity contribution in [3.8, 4) is 0 Å². The number of ether oxygens (including phenoxy) is 1. The molecule has 0 aliphatic rings. The summed E-state index contributed by atoms with van der Waals surface area (Å²) in [5, 5.41) is 12.8. The fourth-order valence-electron chi connectivity index (χ4n) is 2.66. The zero-order chi connectivity index (χ0) is 20.4. The molecule has 0 aliphatic heterocycles. The predicted octanol–water partition coefficient (Wildman–Crippen LogP) is 1.49. The summed E-state index contributed by atoms with van der Waals surface area (Å²) >= 11 is 0.